The lowest BCUT2D eigenvalue weighted by molar-refractivity contribution is -0.117. The van der Waals surface area contributed by atoms with Crippen molar-refractivity contribution in [3.63, 3.8) is 0 Å². The molecule has 0 saturated carbocycles. The van der Waals surface area contributed by atoms with Crippen LogP contribution in [0.2, 0.25) is 0 Å². The van der Waals surface area contributed by atoms with Crippen LogP contribution in [0.15, 0.2) is 53.4 Å². The highest BCUT2D eigenvalue weighted by Crippen LogP contribution is 2.29. The highest BCUT2D eigenvalue weighted by atomic mass is 32.2. The number of nitrogens with one attached hydrogen (secondary N) is 2. The van der Waals surface area contributed by atoms with Crippen LogP contribution in [0.5, 0.6) is 5.75 Å². The third kappa shape index (κ3) is 4.27. The highest BCUT2D eigenvalue weighted by Gasteiger charge is 2.30. The molecule has 1 aliphatic rings. The topological polar surface area (TPSA) is 50.4 Å². The van der Waals surface area contributed by atoms with Gasteiger partial charge in [0.15, 0.2) is 0 Å². The monoisotopic (exact) mass is 346 g/mol. The minimum atomic E-state index is -0.236. The third-order valence-corrected chi connectivity index (χ3v) is 5.12. The lowest BCUT2D eigenvalue weighted by atomic mass is 10.2. The van der Waals surface area contributed by atoms with Gasteiger partial charge < -0.3 is 15.4 Å². The minimum Gasteiger partial charge on any atom is -0.497 e. The van der Waals surface area contributed by atoms with Crippen molar-refractivity contribution in [2.45, 2.75) is 22.6 Å². The molecule has 126 valence electrons. The fourth-order valence-electron chi connectivity index (χ4n) is 2.60. The van der Waals surface area contributed by atoms with E-state index in [0.29, 0.717) is 5.25 Å². The summed E-state index contributed by atoms with van der Waals surface area (Å²) in [5, 5.41) is 6.45. The Hall–Kier alpha value is -2.05. The van der Waals surface area contributed by atoms with E-state index in [4.69, 9.17) is 4.74 Å². The van der Waals surface area contributed by atoms with Crippen LogP contribution >= 0.6 is 11.8 Å². The van der Waals surface area contributed by atoms with Gasteiger partial charge in [-0.2, -0.15) is 0 Å². The second kappa shape index (κ2) is 7.68. The number of thioether (sulfide) groups is 1. The van der Waals surface area contributed by atoms with Gasteiger partial charge in [0.05, 0.1) is 13.2 Å². The zero-order valence-corrected chi connectivity index (χ0v) is 14.1. The maximum absolute atomic E-state index is 12.9. The molecule has 1 saturated heterocycles. The number of carbonyl (C=O) groups excluding carboxylic acids is 1. The van der Waals surface area contributed by atoms with E-state index in [2.05, 4.69) is 10.6 Å². The number of amides is 1. The van der Waals surface area contributed by atoms with Crippen molar-refractivity contribution in [2.75, 3.05) is 19.0 Å². The van der Waals surface area contributed by atoms with E-state index in [1.807, 2.05) is 24.3 Å². The first-order valence-corrected chi connectivity index (χ1v) is 8.62. The Balaban J connectivity index is 1.52. The van der Waals surface area contributed by atoms with Gasteiger partial charge in [-0.25, -0.2) is 4.39 Å². The Bertz CT molecular complexity index is 691. The molecule has 2 N–H and O–H groups in total. The molecule has 0 unspecified atom stereocenters. The summed E-state index contributed by atoms with van der Waals surface area (Å²) >= 11 is 1.67. The van der Waals surface area contributed by atoms with E-state index in [1.165, 1.54) is 12.1 Å². The fraction of sp³-hybridized carbons (Fsp3) is 0.278. The number of halogens is 1. The maximum atomic E-state index is 12.9. The molecular weight excluding hydrogens is 327 g/mol. The molecule has 4 nitrogen and oxygen atoms in total. The normalized spacial score (nSPS) is 19.9. The molecule has 2 aromatic carbocycles. The average Bonchev–Trinajstić information content (AvgIpc) is 3.06. The predicted molar refractivity (Wildman–Crippen MR) is 94.1 cm³/mol. The second-order valence-electron chi connectivity index (χ2n) is 5.61. The van der Waals surface area contributed by atoms with Crippen molar-refractivity contribution >= 4 is 23.4 Å². The van der Waals surface area contributed by atoms with Gasteiger partial charge in [0.25, 0.3) is 0 Å². The second-order valence-corrected chi connectivity index (χ2v) is 6.98. The molecular formula is C18H19FN2O2S. The first-order valence-electron chi connectivity index (χ1n) is 7.74. The molecule has 0 bridgehead atoms. The van der Waals surface area contributed by atoms with Gasteiger partial charge in [-0.1, -0.05) is 0 Å². The minimum absolute atomic E-state index is 0.0395. The van der Waals surface area contributed by atoms with E-state index < -0.39 is 0 Å². The Morgan fingerprint density at radius 3 is 2.58 bits per heavy atom. The average molecular weight is 346 g/mol. The van der Waals surface area contributed by atoms with E-state index in [0.717, 1.165) is 29.3 Å². The summed E-state index contributed by atoms with van der Waals surface area (Å²) in [6.45, 7) is 0.753. The SMILES string of the molecule is COc1ccc(NC(=O)[C@@H]2C[C@H](Sc3ccc(F)cc3)CN2)cc1. The smallest absolute Gasteiger partial charge is 0.241 e. The summed E-state index contributed by atoms with van der Waals surface area (Å²) < 4.78 is 18.0. The zero-order chi connectivity index (χ0) is 16.9. The van der Waals surface area contributed by atoms with Gasteiger partial charge in [0.2, 0.25) is 5.91 Å². The number of methoxy groups -OCH3 is 1. The zero-order valence-electron chi connectivity index (χ0n) is 13.3. The molecule has 1 amide bonds. The van der Waals surface area contributed by atoms with Crippen molar-refractivity contribution in [3.05, 3.63) is 54.3 Å². The number of rotatable bonds is 5. The molecule has 1 fully saturated rings. The molecule has 2 aromatic rings. The van der Waals surface area contributed by atoms with Crippen LogP contribution in [0.3, 0.4) is 0 Å². The molecule has 6 heteroatoms. The van der Waals surface area contributed by atoms with Gasteiger partial charge in [-0.15, -0.1) is 11.8 Å². The first-order chi connectivity index (χ1) is 11.6. The molecule has 1 aliphatic heterocycles. The highest BCUT2D eigenvalue weighted by molar-refractivity contribution is 8.00. The molecule has 0 aromatic heterocycles. The molecule has 3 rings (SSSR count). The van der Waals surface area contributed by atoms with Gasteiger partial charge in [-0.3, -0.25) is 4.79 Å². The summed E-state index contributed by atoms with van der Waals surface area (Å²) in [5.74, 6) is 0.478. The Labute approximate surface area is 144 Å². The molecule has 0 spiro atoms. The van der Waals surface area contributed by atoms with E-state index in [9.17, 15) is 9.18 Å². The largest absolute Gasteiger partial charge is 0.497 e. The van der Waals surface area contributed by atoms with Gasteiger partial charge >= 0.3 is 0 Å². The quantitative estimate of drug-likeness (QED) is 0.872. The van der Waals surface area contributed by atoms with Crippen LogP contribution in [0, 0.1) is 5.82 Å². The Kier molecular flexibility index (Phi) is 5.37. The predicted octanol–water partition coefficient (Wildman–Crippen LogP) is 3.30. The van der Waals surface area contributed by atoms with Crippen molar-refractivity contribution in [1.29, 1.82) is 0 Å². The van der Waals surface area contributed by atoms with E-state index in [-0.39, 0.29) is 17.8 Å². The maximum Gasteiger partial charge on any atom is 0.241 e. The first kappa shape index (κ1) is 16.8. The van der Waals surface area contributed by atoms with Crippen LogP contribution in [-0.2, 0) is 4.79 Å². The van der Waals surface area contributed by atoms with E-state index >= 15 is 0 Å². The number of anilines is 1. The summed E-state index contributed by atoms with van der Waals surface area (Å²) in [7, 11) is 1.61. The van der Waals surface area contributed by atoms with Gasteiger partial charge in [0, 0.05) is 22.4 Å². The number of benzene rings is 2. The molecule has 0 radical (unpaired) electrons. The summed E-state index contributed by atoms with van der Waals surface area (Å²) in [6, 6.07) is 13.5. The van der Waals surface area contributed by atoms with Crippen LogP contribution < -0.4 is 15.4 Å². The molecule has 24 heavy (non-hydrogen) atoms. The standard InChI is InChI=1S/C18H19FN2O2S/c1-23-14-6-4-13(5-7-14)21-18(22)17-10-16(11-20-17)24-15-8-2-12(19)3-9-15/h2-9,16-17,20H,10-11H2,1H3,(H,21,22)/t16-,17-/m0/s1. The number of hydrogen-bond acceptors (Lipinski definition) is 4. The third-order valence-electron chi connectivity index (χ3n) is 3.88. The summed E-state index contributed by atoms with van der Waals surface area (Å²) in [6.07, 6.45) is 0.740. The van der Waals surface area contributed by atoms with Gasteiger partial charge in [0.1, 0.15) is 11.6 Å². The Morgan fingerprint density at radius 2 is 1.92 bits per heavy atom. The van der Waals surface area contributed by atoms with Crippen molar-refractivity contribution in [1.82, 2.24) is 5.32 Å². The van der Waals surface area contributed by atoms with Crippen LogP contribution in [-0.4, -0.2) is 30.9 Å². The van der Waals surface area contributed by atoms with Crippen LogP contribution in [0.1, 0.15) is 6.42 Å². The lowest BCUT2D eigenvalue weighted by Crippen LogP contribution is -2.35. The molecule has 1 heterocycles. The summed E-state index contributed by atoms with van der Waals surface area (Å²) in [5.41, 5.74) is 0.747. The number of ether oxygens (including phenoxy) is 1. The van der Waals surface area contributed by atoms with E-state index in [1.54, 1.807) is 31.0 Å². The fourth-order valence-corrected chi connectivity index (χ4v) is 3.75. The van der Waals surface area contributed by atoms with Gasteiger partial charge in [-0.05, 0) is 55.0 Å². The Morgan fingerprint density at radius 1 is 1.21 bits per heavy atom. The summed E-state index contributed by atoms with van der Waals surface area (Å²) in [4.78, 5) is 13.4. The van der Waals surface area contributed by atoms with Crippen molar-refractivity contribution in [3.8, 4) is 5.75 Å². The number of carbonyl (C=O) groups is 1. The molecule has 2 atom stereocenters. The van der Waals surface area contributed by atoms with Crippen LogP contribution in [0.4, 0.5) is 10.1 Å². The molecule has 0 aliphatic carbocycles. The van der Waals surface area contributed by atoms with Crippen LogP contribution in [0.25, 0.3) is 0 Å². The lowest BCUT2D eigenvalue weighted by Gasteiger charge is -2.12. The van der Waals surface area contributed by atoms with Crippen molar-refractivity contribution < 1.29 is 13.9 Å². The number of hydrogen-bond donors (Lipinski definition) is 2. The van der Waals surface area contributed by atoms with Crippen molar-refractivity contribution in [2.24, 2.45) is 0 Å².